The van der Waals surface area contributed by atoms with Gasteiger partial charge in [0.25, 0.3) is 11.6 Å². The first-order valence-electron chi connectivity index (χ1n) is 8.87. The van der Waals surface area contributed by atoms with E-state index in [9.17, 15) is 19.7 Å². The number of nitrogens with zero attached hydrogens (tertiary/aromatic N) is 4. The summed E-state index contributed by atoms with van der Waals surface area (Å²) >= 11 is 0. The van der Waals surface area contributed by atoms with Crippen LogP contribution in [0.2, 0.25) is 0 Å². The number of oxazole rings is 1. The van der Waals surface area contributed by atoms with Crippen molar-refractivity contribution in [3.63, 3.8) is 0 Å². The zero-order chi connectivity index (χ0) is 21.4. The fourth-order valence-corrected chi connectivity index (χ4v) is 3.06. The van der Waals surface area contributed by atoms with Gasteiger partial charge in [-0.25, -0.2) is 9.67 Å². The van der Waals surface area contributed by atoms with Gasteiger partial charge in [0.05, 0.1) is 4.92 Å². The molecule has 4 rings (SSSR count). The molecule has 2 aromatic carbocycles. The van der Waals surface area contributed by atoms with Crippen LogP contribution in [0.5, 0.6) is 0 Å². The van der Waals surface area contributed by atoms with Crippen molar-refractivity contribution < 1.29 is 14.1 Å². The molecule has 10 nitrogen and oxygen atoms in total. The molecule has 0 fully saturated rings. The predicted octanol–water partition coefficient (Wildman–Crippen LogP) is 3.15. The van der Waals surface area contributed by atoms with Crippen molar-refractivity contribution in [1.29, 1.82) is 0 Å². The molecule has 1 amide bonds. The third kappa shape index (κ3) is 3.41. The van der Waals surface area contributed by atoms with Crippen molar-refractivity contribution in [3.05, 3.63) is 86.1 Å². The maximum Gasteiger partial charge on any atom is 0.294 e. The van der Waals surface area contributed by atoms with Gasteiger partial charge in [0.2, 0.25) is 5.43 Å². The molecule has 30 heavy (non-hydrogen) atoms. The van der Waals surface area contributed by atoms with Crippen LogP contribution in [-0.2, 0) is 0 Å². The van der Waals surface area contributed by atoms with Gasteiger partial charge in [-0.2, -0.15) is 5.10 Å². The summed E-state index contributed by atoms with van der Waals surface area (Å²) in [5.74, 6) is -0.257. The topological polar surface area (TPSA) is 133 Å². The number of nitro benzene ring substituents is 1. The highest BCUT2D eigenvalue weighted by atomic mass is 16.6. The van der Waals surface area contributed by atoms with E-state index in [1.807, 2.05) is 0 Å². The Labute approximate surface area is 168 Å². The Morgan fingerprint density at radius 2 is 1.93 bits per heavy atom. The Morgan fingerprint density at radius 1 is 1.17 bits per heavy atom. The van der Waals surface area contributed by atoms with E-state index in [2.05, 4.69) is 15.4 Å². The third-order valence-electron chi connectivity index (χ3n) is 4.38. The van der Waals surface area contributed by atoms with Gasteiger partial charge in [0.1, 0.15) is 11.2 Å². The normalized spacial score (nSPS) is 10.9. The number of para-hydroxylation sites is 2. The number of hydrogen-bond donors (Lipinski definition) is 1. The SMILES string of the molecule is Cc1nc2cc(NC(=O)c3nn(-c4ccccc4[N+](=O)[O-])c(C)cc3=O)ccc2o1. The van der Waals surface area contributed by atoms with Crippen LogP contribution in [0.15, 0.2) is 57.7 Å². The van der Waals surface area contributed by atoms with Crippen LogP contribution in [0, 0.1) is 24.0 Å². The van der Waals surface area contributed by atoms with Crippen LogP contribution in [-0.4, -0.2) is 25.6 Å². The van der Waals surface area contributed by atoms with Gasteiger partial charge in [0, 0.05) is 30.4 Å². The molecule has 0 spiro atoms. The molecule has 2 aromatic heterocycles. The average Bonchev–Trinajstić information content (AvgIpc) is 3.07. The summed E-state index contributed by atoms with van der Waals surface area (Å²) < 4.78 is 6.60. The molecule has 0 saturated carbocycles. The van der Waals surface area contributed by atoms with Crippen LogP contribution in [0.1, 0.15) is 22.1 Å². The summed E-state index contributed by atoms with van der Waals surface area (Å²) in [6.07, 6.45) is 0. The van der Waals surface area contributed by atoms with Crippen molar-refractivity contribution in [1.82, 2.24) is 14.8 Å². The molecule has 0 aliphatic heterocycles. The molecule has 0 aliphatic rings. The highest BCUT2D eigenvalue weighted by Gasteiger charge is 2.20. The highest BCUT2D eigenvalue weighted by Crippen LogP contribution is 2.23. The zero-order valence-corrected chi connectivity index (χ0v) is 15.9. The van der Waals surface area contributed by atoms with E-state index < -0.39 is 22.0 Å². The minimum absolute atomic E-state index is 0.147. The first-order chi connectivity index (χ1) is 14.3. The number of nitro groups is 1. The predicted molar refractivity (Wildman–Crippen MR) is 108 cm³/mol. The number of amides is 1. The first-order valence-corrected chi connectivity index (χ1v) is 8.87. The van der Waals surface area contributed by atoms with Crippen molar-refractivity contribution >= 4 is 28.4 Å². The van der Waals surface area contributed by atoms with Crippen molar-refractivity contribution in [2.75, 3.05) is 5.32 Å². The summed E-state index contributed by atoms with van der Waals surface area (Å²) in [6, 6.07) is 12.0. The lowest BCUT2D eigenvalue weighted by molar-refractivity contribution is -0.384. The van der Waals surface area contributed by atoms with E-state index in [1.54, 1.807) is 38.1 Å². The molecular weight excluding hydrogens is 390 g/mol. The number of hydrogen-bond acceptors (Lipinski definition) is 7. The molecule has 2 heterocycles. The number of rotatable bonds is 4. The van der Waals surface area contributed by atoms with Crippen molar-refractivity contribution in [2.24, 2.45) is 0 Å². The minimum atomic E-state index is -0.744. The van der Waals surface area contributed by atoms with Crippen molar-refractivity contribution in [2.45, 2.75) is 13.8 Å². The van der Waals surface area contributed by atoms with Crippen LogP contribution in [0.3, 0.4) is 0 Å². The average molecular weight is 405 g/mol. The van der Waals surface area contributed by atoms with Gasteiger partial charge in [-0.3, -0.25) is 19.7 Å². The van der Waals surface area contributed by atoms with Gasteiger partial charge in [-0.1, -0.05) is 12.1 Å². The lowest BCUT2D eigenvalue weighted by Crippen LogP contribution is -2.27. The van der Waals surface area contributed by atoms with Crippen molar-refractivity contribution in [3.8, 4) is 5.69 Å². The molecule has 10 heteroatoms. The molecule has 0 radical (unpaired) electrons. The molecule has 0 aliphatic carbocycles. The van der Waals surface area contributed by atoms with E-state index in [0.717, 1.165) is 0 Å². The van der Waals surface area contributed by atoms with E-state index >= 15 is 0 Å². The number of benzene rings is 2. The van der Waals surface area contributed by atoms with Gasteiger partial charge >= 0.3 is 0 Å². The number of fused-ring (bicyclic) bond motifs is 1. The third-order valence-corrected chi connectivity index (χ3v) is 4.38. The van der Waals surface area contributed by atoms with Gasteiger partial charge in [-0.15, -0.1) is 0 Å². The molecule has 150 valence electrons. The minimum Gasteiger partial charge on any atom is -0.441 e. The first kappa shape index (κ1) is 19.0. The number of carbonyl (C=O) groups is 1. The fourth-order valence-electron chi connectivity index (χ4n) is 3.06. The number of anilines is 1. The lowest BCUT2D eigenvalue weighted by Gasteiger charge is -2.11. The molecular formula is C20H15N5O5. The summed E-state index contributed by atoms with van der Waals surface area (Å²) in [4.78, 5) is 40.1. The standard InChI is InChI=1S/C20H15N5O5/c1-11-9-17(26)19(23-24(11)15-5-3-4-6-16(15)25(28)29)20(27)22-13-7-8-18-14(10-13)21-12(2)30-18/h3-10H,1-2H3,(H,22,27). The highest BCUT2D eigenvalue weighted by molar-refractivity contribution is 6.03. The number of aryl methyl sites for hydroxylation is 2. The second-order valence-corrected chi connectivity index (χ2v) is 6.53. The largest absolute Gasteiger partial charge is 0.441 e. The van der Waals surface area contributed by atoms with Crippen LogP contribution in [0.25, 0.3) is 16.8 Å². The van der Waals surface area contributed by atoms with E-state index in [4.69, 9.17) is 4.42 Å². The Bertz CT molecular complexity index is 1370. The molecule has 0 saturated heterocycles. The van der Waals surface area contributed by atoms with Crippen LogP contribution < -0.4 is 10.7 Å². The Balaban J connectivity index is 1.73. The summed E-state index contributed by atoms with van der Waals surface area (Å²) in [5.41, 5.74) is 0.833. The lowest BCUT2D eigenvalue weighted by atomic mass is 10.2. The second kappa shape index (κ2) is 7.24. The van der Waals surface area contributed by atoms with Crippen LogP contribution in [0.4, 0.5) is 11.4 Å². The molecule has 0 atom stereocenters. The number of nitrogens with one attached hydrogen (secondary N) is 1. The second-order valence-electron chi connectivity index (χ2n) is 6.53. The van der Waals surface area contributed by atoms with Gasteiger partial charge < -0.3 is 9.73 Å². The maximum absolute atomic E-state index is 12.7. The maximum atomic E-state index is 12.7. The van der Waals surface area contributed by atoms with Gasteiger partial charge in [0.15, 0.2) is 17.2 Å². The summed E-state index contributed by atoms with van der Waals surface area (Å²) in [5, 5.41) is 18.1. The fraction of sp³-hybridized carbons (Fsp3) is 0.100. The summed E-state index contributed by atoms with van der Waals surface area (Å²) in [7, 11) is 0. The van der Waals surface area contributed by atoms with Crippen LogP contribution >= 0.6 is 0 Å². The monoisotopic (exact) mass is 405 g/mol. The van der Waals surface area contributed by atoms with Gasteiger partial charge in [-0.05, 0) is 31.2 Å². The molecule has 0 unspecified atom stereocenters. The Hall–Kier alpha value is -4.34. The van der Waals surface area contributed by atoms with E-state index in [-0.39, 0.29) is 11.4 Å². The molecule has 1 N–H and O–H groups in total. The molecule has 0 bridgehead atoms. The number of carbonyl (C=O) groups excluding carboxylic acids is 1. The zero-order valence-electron chi connectivity index (χ0n) is 15.9. The van der Waals surface area contributed by atoms with E-state index in [1.165, 1.54) is 28.9 Å². The van der Waals surface area contributed by atoms with E-state index in [0.29, 0.717) is 28.4 Å². The Kier molecular flexibility index (Phi) is 4.59. The quantitative estimate of drug-likeness (QED) is 0.407. The summed E-state index contributed by atoms with van der Waals surface area (Å²) in [6.45, 7) is 3.29. The Morgan fingerprint density at radius 3 is 2.70 bits per heavy atom. The molecule has 4 aromatic rings. The number of aromatic nitrogens is 3. The smallest absolute Gasteiger partial charge is 0.294 e.